The summed E-state index contributed by atoms with van der Waals surface area (Å²) in [5, 5.41) is 3.17. The molecular formula is C15H17ClN2S. The second-order valence-corrected chi connectivity index (χ2v) is 6.95. The number of thioether (sulfide) groups is 1. The number of para-hydroxylation sites is 1. The van der Waals surface area contributed by atoms with Crippen LogP contribution in [0.2, 0.25) is 5.28 Å². The number of aromatic nitrogens is 2. The molecule has 19 heavy (non-hydrogen) atoms. The third-order valence-corrected chi connectivity index (χ3v) is 5.17. The minimum atomic E-state index is 0.352. The third-order valence-electron chi connectivity index (χ3n) is 3.71. The lowest BCUT2D eigenvalue weighted by atomic mass is 9.91. The average Bonchev–Trinajstić information content (AvgIpc) is 2.38. The first-order valence-electron chi connectivity index (χ1n) is 6.81. The predicted octanol–water partition coefficient (Wildman–Crippen LogP) is 4.95. The van der Waals surface area contributed by atoms with Gasteiger partial charge in [0.1, 0.15) is 5.03 Å². The molecule has 4 heteroatoms. The zero-order valence-corrected chi connectivity index (χ0v) is 12.5. The zero-order valence-electron chi connectivity index (χ0n) is 11.0. The first-order valence-corrected chi connectivity index (χ1v) is 8.07. The van der Waals surface area contributed by atoms with Crippen LogP contribution in [-0.2, 0) is 0 Å². The van der Waals surface area contributed by atoms with Gasteiger partial charge in [-0.2, -0.15) is 0 Å². The summed E-state index contributed by atoms with van der Waals surface area (Å²) < 4.78 is 0. The van der Waals surface area contributed by atoms with Crippen molar-refractivity contribution >= 4 is 34.3 Å². The van der Waals surface area contributed by atoms with Gasteiger partial charge in [0.25, 0.3) is 0 Å². The van der Waals surface area contributed by atoms with Crippen LogP contribution in [0.3, 0.4) is 0 Å². The monoisotopic (exact) mass is 292 g/mol. The number of benzene rings is 1. The van der Waals surface area contributed by atoms with Crippen molar-refractivity contribution in [3.63, 3.8) is 0 Å². The van der Waals surface area contributed by atoms with Gasteiger partial charge in [0.15, 0.2) is 0 Å². The molecule has 1 aromatic heterocycles. The fourth-order valence-electron chi connectivity index (χ4n) is 2.75. The summed E-state index contributed by atoms with van der Waals surface area (Å²) in [6.45, 7) is 2.35. The Morgan fingerprint density at radius 1 is 1.21 bits per heavy atom. The van der Waals surface area contributed by atoms with Gasteiger partial charge in [0, 0.05) is 10.6 Å². The van der Waals surface area contributed by atoms with Gasteiger partial charge in [-0.3, -0.25) is 0 Å². The summed E-state index contributed by atoms with van der Waals surface area (Å²) in [5.74, 6) is 0.829. The molecule has 2 atom stereocenters. The van der Waals surface area contributed by atoms with Crippen LogP contribution in [0.15, 0.2) is 29.3 Å². The molecule has 1 fully saturated rings. The fraction of sp³-hybridized carbons (Fsp3) is 0.467. The van der Waals surface area contributed by atoms with Crippen molar-refractivity contribution in [1.82, 2.24) is 9.97 Å². The van der Waals surface area contributed by atoms with Crippen molar-refractivity contribution in [2.24, 2.45) is 5.92 Å². The van der Waals surface area contributed by atoms with Crippen LogP contribution in [0.25, 0.3) is 10.9 Å². The molecule has 2 nitrogen and oxygen atoms in total. The van der Waals surface area contributed by atoms with Crippen LogP contribution in [0.5, 0.6) is 0 Å². The molecule has 0 aliphatic heterocycles. The maximum absolute atomic E-state index is 6.03. The molecule has 1 aromatic carbocycles. The molecule has 0 spiro atoms. The van der Waals surface area contributed by atoms with Crippen molar-refractivity contribution in [3.05, 3.63) is 29.5 Å². The first kappa shape index (κ1) is 13.2. The Morgan fingerprint density at radius 3 is 2.89 bits per heavy atom. The lowest BCUT2D eigenvalue weighted by Gasteiger charge is -2.26. The SMILES string of the molecule is CC1CCCC(Sc2nc(Cl)nc3ccccc23)C1. The van der Waals surface area contributed by atoms with E-state index in [2.05, 4.69) is 23.0 Å². The Kier molecular flexibility index (Phi) is 3.94. The quantitative estimate of drug-likeness (QED) is 0.578. The Labute approximate surface area is 123 Å². The standard InChI is InChI=1S/C15H17ClN2S/c1-10-5-4-6-11(9-10)19-14-12-7-2-3-8-13(12)17-15(16)18-14/h2-3,7-8,10-11H,4-6,9H2,1H3. The van der Waals surface area contributed by atoms with Crippen LogP contribution >= 0.6 is 23.4 Å². The van der Waals surface area contributed by atoms with Gasteiger partial charge in [-0.15, -0.1) is 11.8 Å². The molecule has 0 bridgehead atoms. The topological polar surface area (TPSA) is 25.8 Å². The second-order valence-electron chi connectivity index (χ2n) is 5.33. The minimum absolute atomic E-state index is 0.352. The molecule has 0 radical (unpaired) electrons. The van der Waals surface area contributed by atoms with E-state index in [9.17, 15) is 0 Å². The average molecular weight is 293 g/mol. The maximum Gasteiger partial charge on any atom is 0.224 e. The van der Waals surface area contributed by atoms with Gasteiger partial charge in [-0.1, -0.05) is 38.0 Å². The molecule has 0 amide bonds. The maximum atomic E-state index is 6.03. The summed E-state index contributed by atoms with van der Waals surface area (Å²) in [6, 6.07) is 8.10. The Bertz CT molecular complexity index is 587. The predicted molar refractivity (Wildman–Crippen MR) is 81.8 cm³/mol. The van der Waals surface area contributed by atoms with E-state index in [0.29, 0.717) is 10.5 Å². The molecule has 0 N–H and O–H groups in total. The summed E-state index contributed by atoms with van der Waals surface area (Å²) in [5.41, 5.74) is 0.939. The van der Waals surface area contributed by atoms with Crippen LogP contribution in [-0.4, -0.2) is 15.2 Å². The lowest BCUT2D eigenvalue weighted by molar-refractivity contribution is 0.394. The number of halogens is 1. The van der Waals surface area contributed by atoms with Gasteiger partial charge in [0.2, 0.25) is 5.28 Å². The van der Waals surface area contributed by atoms with Crippen LogP contribution in [0, 0.1) is 5.92 Å². The van der Waals surface area contributed by atoms with Gasteiger partial charge in [0.05, 0.1) is 5.52 Å². The van der Waals surface area contributed by atoms with Crippen molar-refractivity contribution in [2.75, 3.05) is 0 Å². The van der Waals surface area contributed by atoms with E-state index in [1.54, 1.807) is 0 Å². The van der Waals surface area contributed by atoms with E-state index in [0.717, 1.165) is 21.8 Å². The molecule has 2 unspecified atom stereocenters. The second kappa shape index (κ2) is 5.68. The van der Waals surface area contributed by atoms with E-state index in [-0.39, 0.29) is 0 Å². The normalized spacial score (nSPS) is 23.7. The van der Waals surface area contributed by atoms with Crippen LogP contribution < -0.4 is 0 Å². The highest BCUT2D eigenvalue weighted by molar-refractivity contribution is 8.00. The highest BCUT2D eigenvalue weighted by Crippen LogP contribution is 2.37. The lowest BCUT2D eigenvalue weighted by Crippen LogP contribution is -2.15. The molecular weight excluding hydrogens is 276 g/mol. The minimum Gasteiger partial charge on any atom is -0.218 e. The number of rotatable bonds is 2. The van der Waals surface area contributed by atoms with Gasteiger partial charge in [-0.25, -0.2) is 9.97 Å². The van der Waals surface area contributed by atoms with Crippen LogP contribution in [0.1, 0.15) is 32.6 Å². The van der Waals surface area contributed by atoms with E-state index >= 15 is 0 Å². The Hall–Kier alpha value is -0.800. The summed E-state index contributed by atoms with van der Waals surface area (Å²) in [6.07, 6.45) is 5.25. The van der Waals surface area contributed by atoms with Gasteiger partial charge in [-0.05, 0) is 36.4 Å². The van der Waals surface area contributed by atoms with Crippen molar-refractivity contribution < 1.29 is 0 Å². The molecule has 1 saturated carbocycles. The molecule has 0 saturated heterocycles. The highest BCUT2D eigenvalue weighted by Gasteiger charge is 2.21. The number of fused-ring (bicyclic) bond motifs is 1. The third kappa shape index (κ3) is 3.03. The number of hydrogen-bond acceptors (Lipinski definition) is 3. The number of hydrogen-bond donors (Lipinski definition) is 0. The molecule has 1 aliphatic rings. The smallest absolute Gasteiger partial charge is 0.218 e. The fourth-order valence-corrected chi connectivity index (χ4v) is 4.44. The largest absolute Gasteiger partial charge is 0.224 e. The van der Waals surface area contributed by atoms with E-state index in [1.807, 2.05) is 30.0 Å². The molecule has 1 heterocycles. The van der Waals surface area contributed by atoms with Gasteiger partial charge < -0.3 is 0 Å². The van der Waals surface area contributed by atoms with E-state index in [4.69, 9.17) is 11.6 Å². The van der Waals surface area contributed by atoms with E-state index in [1.165, 1.54) is 25.7 Å². The van der Waals surface area contributed by atoms with E-state index < -0.39 is 0 Å². The zero-order chi connectivity index (χ0) is 13.2. The van der Waals surface area contributed by atoms with Crippen molar-refractivity contribution in [2.45, 2.75) is 42.9 Å². The molecule has 100 valence electrons. The first-order chi connectivity index (χ1) is 9.22. The van der Waals surface area contributed by atoms with Crippen molar-refractivity contribution in [3.8, 4) is 0 Å². The highest BCUT2D eigenvalue weighted by atomic mass is 35.5. The summed E-state index contributed by atoms with van der Waals surface area (Å²) in [7, 11) is 0. The Balaban J connectivity index is 1.91. The van der Waals surface area contributed by atoms with Crippen molar-refractivity contribution in [1.29, 1.82) is 0 Å². The molecule has 2 aromatic rings. The molecule has 3 rings (SSSR count). The summed E-state index contributed by atoms with van der Waals surface area (Å²) >= 11 is 7.91. The summed E-state index contributed by atoms with van der Waals surface area (Å²) in [4.78, 5) is 8.72. The Morgan fingerprint density at radius 2 is 2.05 bits per heavy atom. The van der Waals surface area contributed by atoms with Gasteiger partial charge >= 0.3 is 0 Å². The van der Waals surface area contributed by atoms with Crippen LogP contribution in [0.4, 0.5) is 0 Å². The molecule has 1 aliphatic carbocycles. The number of nitrogens with zero attached hydrogens (tertiary/aromatic N) is 2.